The van der Waals surface area contributed by atoms with Crippen molar-refractivity contribution in [2.45, 2.75) is 0 Å². The van der Waals surface area contributed by atoms with Gasteiger partial charge in [-0.1, -0.05) is 0 Å². The van der Waals surface area contributed by atoms with E-state index >= 15 is 0 Å². The molecule has 1 aromatic rings. The lowest BCUT2D eigenvalue weighted by atomic mass is 10.2. The Bertz CT molecular complexity index is 467. The molecule has 0 bridgehead atoms. The molecule has 0 saturated carbocycles. The van der Waals surface area contributed by atoms with Crippen LogP contribution < -0.4 is 8.91 Å². The molecule has 68 valence electrons. The molecular formula is C6H4N2O4S. The highest BCUT2D eigenvalue weighted by Gasteiger charge is 2.28. The lowest BCUT2D eigenvalue weighted by Crippen LogP contribution is -2.38. The van der Waals surface area contributed by atoms with Gasteiger partial charge in [-0.25, -0.2) is 4.72 Å². The summed E-state index contributed by atoms with van der Waals surface area (Å²) in [6.07, 6.45) is 2.58. The van der Waals surface area contributed by atoms with Crippen molar-refractivity contribution in [1.29, 1.82) is 0 Å². The quantitative estimate of drug-likeness (QED) is 0.607. The van der Waals surface area contributed by atoms with Gasteiger partial charge in [0.05, 0.1) is 0 Å². The lowest BCUT2D eigenvalue weighted by Gasteiger charge is -2.15. The number of carbonyl (C=O) groups is 1. The number of hydrogen-bond acceptors (Lipinski definition) is 5. The molecule has 1 amide bonds. The van der Waals surface area contributed by atoms with E-state index < -0.39 is 16.2 Å². The van der Waals surface area contributed by atoms with Crippen molar-refractivity contribution in [2.24, 2.45) is 0 Å². The number of nitrogens with one attached hydrogen (secondary N) is 1. The largest absolute Gasteiger partial charge is 0.410 e. The van der Waals surface area contributed by atoms with E-state index in [4.69, 9.17) is 0 Å². The third-order valence-corrected chi connectivity index (χ3v) is 2.28. The first kappa shape index (κ1) is 7.99. The predicted molar refractivity (Wildman–Crippen MR) is 41.3 cm³/mol. The van der Waals surface area contributed by atoms with Crippen LogP contribution in [0.3, 0.4) is 0 Å². The van der Waals surface area contributed by atoms with Crippen LogP contribution >= 0.6 is 0 Å². The lowest BCUT2D eigenvalue weighted by molar-refractivity contribution is 0.0970. The van der Waals surface area contributed by atoms with Crippen molar-refractivity contribution in [3.8, 4) is 5.75 Å². The summed E-state index contributed by atoms with van der Waals surface area (Å²) < 4.78 is 27.9. The molecule has 0 atom stereocenters. The zero-order valence-electron chi connectivity index (χ0n) is 6.22. The van der Waals surface area contributed by atoms with Gasteiger partial charge in [-0.05, 0) is 0 Å². The summed E-state index contributed by atoms with van der Waals surface area (Å²) in [5.74, 6) is -0.729. The van der Waals surface area contributed by atoms with E-state index in [0.717, 1.165) is 0 Å². The average Bonchev–Trinajstić information content (AvgIpc) is 2.02. The van der Waals surface area contributed by atoms with E-state index in [0.29, 0.717) is 0 Å². The summed E-state index contributed by atoms with van der Waals surface area (Å²) in [5, 5.41) is 0. The molecule has 6 nitrogen and oxygen atoms in total. The Balaban J connectivity index is 2.61. The van der Waals surface area contributed by atoms with Gasteiger partial charge in [0.15, 0.2) is 5.75 Å². The maximum atomic E-state index is 11.1. The minimum atomic E-state index is -3.97. The Labute approximate surface area is 73.8 Å². The van der Waals surface area contributed by atoms with Crippen molar-refractivity contribution in [3.63, 3.8) is 0 Å². The molecule has 0 aromatic carbocycles. The van der Waals surface area contributed by atoms with Gasteiger partial charge in [0.2, 0.25) is 0 Å². The van der Waals surface area contributed by atoms with Gasteiger partial charge in [0.25, 0.3) is 5.91 Å². The molecule has 7 heteroatoms. The minimum Gasteiger partial charge on any atom is -0.366 e. The van der Waals surface area contributed by atoms with Crippen molar-refractivity contribution in [2.75, 3.05) is 0 Å². The summed E-state index contributed by atoms with van der Waals surface area (Å²) in [7, 11) is -3.97. The van der Waals surface area contributed by atoms with Crippen LogP contribution in [-0.4, -0.2) is 19.3 Å². The number of aromatic nitrogens is 1. The number of amides is 1. The minimum absolute atomic E-state index is 0.00116. The number of rotatable bonds is 0. The number of nitrogens with zero attached hydrogens (tertiary/aromatic N) is 1. The summed E-state index contributed by atoms with van der Waals surface area (Å²) in [6.45, 7) is 0. The molecule has 0 saturated heterocycles. The van der Waals surface area contributed by atoms with E-state index in [1.807, 2.05) is 0 Å². The molecule has 13 heavy (non-hydrogen) atoms. The SMILES string of the molecule is O=C1NS(=O)(=O)Oc2ccncc21. The molecule has 1 aliphatic rings. The van der Waals surface area contributed by atoms with Gasteiger partial charge >= 0.3 is 10.3 Å². The van der Waals surface area contributed by atoms with E-state index in [-0.39, 0.29) is 11.3 Å². The van der Waals surface area contributed by atoms with Crippen LogP contribution in [0.2, 0.25) is 0 Å². The maximum absolute atomic E-state index is 11.1. The van der Waals surface area contributed by atoms with E-state index in [2.05, 4.69) is 9.17 Å². The van der Waals surface area contributed by atoms with Crippen molar-refractivity contribution in [1.82, 2.24) is 9.71 Å². The van der Waals surface area contributed by atoms with Crippen LogP contribution in [0.1, 0.15) is 10.4 Å². The summed E-state index contributed by atoms with van der Waals surface area (Å²) >= 11 is 0. The Hall–Kier alpha value is -1.63. The first-order chi connectivity index (χ1) is 6.08. The fraction of sp³-hybridized carbons (Fsp3) is 0. The van der Waals surface area contributed by atoms with Gasteiger partial charge in [-0.3, -0.25) is 9.78 Å². The van der Waals surface area contributed by atoms with Crippen molar-refractivity contribution >= 4 is 16.2 Å². The third kappa shape index (κ3) is 1.33. The van der Waals surface area contributed by atoms with E-state index in [1.165, 1.54) is 18.5 Å². The van der Waals surface area contributed by atoms with Crippen LogP contribution in [0.15, 0.2) is 18.5 Å². The molecule has 1 aliphatic heterocycles. The van der Waals surface area contributed by atoms with Gasteiger partial charge in [0, 0.05) is 18.5 Å². The first-order valence-electron chi connectivity index (χ1n) is 3.29. The highest BCUT2D eigenvalue weighted by molar-refractivity contribution is 7.85. The van der Waals surface area contributed by atoms with Crippen molar-refractivity contribution in [3.05, 3.63) is 24.0 Å². The zero-order valence-corrected chi connectivity index (χ0v) is 7.04. The van der Waals surface area contributed by atoms with Crippen molar-refractivity contribution < 1.29 is 17.4 Å². The fourth-order valence-corrected chi connectivity index (χ4v) is 1.69. The third-order valence-electron chi connectivity index (χ3n) is 1.44. The predicted octanol–water partition coefficient (Wildman–Crippen LogP) is -0.551. The van der Waals surface area contributed by atoms with Gasteiger partial charge in [-0.2, -0.15) is 8.42 Å². The molecule has 2 rings (SSSR count). The van der Waals surface area contributed by atoms with Crippen LogP contribution in [-0.2, 0) is 10.3 Å². The monoisotopic (exact) mass is 200 g/mol. The zero-order chi connectivity index (χ0) is 9.47. The number of hydrogen-bond donors (Lipinski definition) is 1. The highest BCUT2D eigenvalue weighted by Crippen LogP contribution is 2.21. The number of carbonyl (C=O) groups excluding carboxylic acids is 1. The van der Waals surface area contributed by atoms with Gasteiger partial charge in [-0.15, -0.1) is 0 Å². The molecule has 0 unspecified atom stereocenters. The Morgan fingerprint density at radius 2 is 2.23 bits per heavy atom. The maximum Gasteiger partial charge on any atom is 0.410 e. The molecule has 1 N–H and O–H groups in total. The van der Waals surface area contributed by atoms with Crippen LogP contribution in [0.5, 0.6) is 5.75 Å². The normalized spacial score (nSPS) is 18.3. The summed E-state index contributed by atoms with van der Waals surface area (Å²) in [5.41, 5.74) is 0.109. The van der Waals surface area contributed by atoms with Crippen LogP contribution in [0, 0.1) is 0 Å². The topological polar surface area (TPSA) is 85.4 Å². The van der Waals surface area contributed by atoms with Crippen LogP contribution in [0.25, 0.3) is 0 Å². The van der Waals surface area contributed by atoms with E-state index in [9.17, 15) is 13.2 Å². The average molecular weight is 200 g/mol. The number of pyridine rings is 1. The molecule has 2 heterocycles. The Morgan fingerprint density at radius 3 is 3.00 bits per heavy atom. The second-order valence-corrected chi connectivity index (χ2v) is 3.62. The summed E-state index contributed by atoms with van der Waals surface area (Å²) in [6, 6.07) is 1.31. The van der Waals surface area contributed by atoms with Gasteiger partial charge < -0.3 is 4.18 Å². The molecule has 0 radical (unpaired) electrons. The Kier molecular flexibility index (Phi) is 1.49. The Morgan fingerprint density at radius 1 is 1.46 bits per heavy atom. The molecule has 0 spiro atoms. The molecule has 1 aromatic heterocycles. The molecule has 0 aliphatic carbocycles. The fourth-order valence-electron chi connectivity index (χ4n) is 0.932. The smallest absolute Gasteiger partial charge is 0.366 e. The first-order valence-corrected chi connectivity index (χ1v) is 4.70. The van der Waals surface area contributed by atoms with E-state index in [1.54, 1.807) is 4.72 Å². The summed E-state index contributed by atoms with van der Waals surface area (Å²) in [4.78, 5) is 14.8. The second-order valence-electron chi connectivity index (χ2n) is 2.34. The number of fused-ring (bicyclic) bond motifs is 1. The molecular weight excluding hydrogens is 196 g/mol. The second kappa shape index (κ2) is 2.43. The molecule has 0 fully saturated rings. The van der Waals surface area contributed by atoms with Gasteiger partial charge in [0.1, 0.15) is 5.56 Å². The highest BCUT2D eigenvalue weighted by atomic mass is 32.2. The standard InChI is InChI=1S/C6H4N2O4S/c9-6-4-3-7-2-1-5(4)12-13(10,11)8-6/h1-3H,(H,8,9). The van der Waals surface area contributed by atoms with Crippen LogP contribution in [0.4, 0.5) is 0 Å².